The zero-order valence-electron chi connectivity index (χ0n) is 15.8. The first-order chi connectivity index (χ1) is 13.1. The van der Waals surface area contributed by atoms with E-state index in [-0.39, 0.29) is 23.7 Å². The maximum atomic E-state index is 14.0. The summed E-state index contributed by atoms with van der Waals surface area (Å²) in [4.78, 5) is 14.4. The van der Waals surface area contributed by atoms with Crippen LogP contribution in [0.1, 0.15) is 25.3 Å². The number of likely N-dealkylation sites (N-methyl/N-ethyl adjacent to an activating group) is 1. The first kappa shape index (κ1) is 19.4. The van der Waals surface area contributed by atoms with Crippen LogP contribution in [-0.2, 0) is 14.9 Å². The highest BCUT2D eigenvalue weighted by molar-refractivity contribution is 5.81. The smallest absolute Gasteiger partial charge is 0.239 e. The van der Waals surface area contributed by atoms with Crippen LogP contribution in [0.25, 0.3) is 0 Å². The van der Waals surface area contributed by atoms with Gasteiger partial charge in [0.2, 0.25) is 5.91 Å². The predicted octanol–water partition coefficient (Wildman–Crippen LogP) is 3.52. The van der Waals surface area contributed by atoms with E-state index in [2.05, 4.69) is 17.4 Å². The van der Waals surface area contributed by atoms with Gasteiger partial charge in [-0.2, -0.15) is 0 Å². The molecule has 0 atom stereocenters. The number of carbonyl (C=O) groups is 1. The molecule has 1 N–H and O–H groups in total. The molecule has 4 nitrogen and oxygen atoms in total. The lowest BCUT2D eigenvalue weighted by molar-refractivity contribution is -0.120. The molecule has 1 heterocycles. The molecular formula is C22H27FN2O2. The van der Waals surface area contributed by atoms with Crippen molar-refractivity contribution in [2.75, 3.05) is 37.7 Å². The molecule has 1 aliphatic heterocycles. The number of rotatable bonds is 7. The molecule has 2 aromatic carbocycles. The van der Waals surface area contributed by atoms with Crippen LogP contribution < -0.4 is 10.2 Å². The Morgan fingerprint density at radius 3 is 2.44 bits per heavy atom. The van der Waals surface area contributed by atoms with Gasteiger partial charge in [0, 0.05) is 31.7 Å². The van der Waals surface area contributed by atoms with Crippen LogP contribution in [-0.4, -0.2) is 38.8 Å². The van der Waals surface area contributed by atoms with Gasteiger partial charge in [0.25, 0.3) is 0 Å². The minimum absolute atomic E-state index is 0.0955. The average molecular weight is 370 g/mol. The zero-order valence-corrected chi connectivity index (χ0v) is 15.8. The third-order valence-electron chi connectivity index (χ3n) is 5.37. The third-order valence-corrected chi connectivity index (χ3v) is 5.37. The monoisotopic (exact) mass is 370 g/mol. The molecule has 1 amide bonds. The lowest BCUT2D eigenvalue weighted by Gasteiger charge is -2.38. The highest BCUT2D eigenvalue weighted by Gasteiger charge is 2.34. The number of nitrogens with zero attached hydrogens (tertiary/aromatic N) is 1. The van der Waals surface area contributed by atoms with Crippen LogP contribution in [0.2, 0.25) is 0 Å². The standard InChI is InChI=1S/C22H27FN2O2/c1-2-25(20-11-7-6-10-19(20)23)16-21(26)24-17-22(12-14-27-15-13-22)18-8-4-3-5-9-18/h3-11H,2,12-17H2,1H3,(H,24,26). The maximum Gasteiger partial charge on any atom is 0.239 e. The van der Waals surface area contributed by atoms with Crippen LogP contribution in [0, 0.1) is 5.82 Å². The third kappa shape index (κ3) is 4.66. The molecule has 0 unspecified atom stereocenters. The molecule has 1 fully saturated rings. The van der Waals surface area contributed by atoms with Crippen LogP contribution in [0.15, 0.2) is 54.6 Å². The number of ether oxygens (including phenoxy) is 1. The summed E-state index contributed by atoms with van der Waals surface area (Å²) in [6, 6.07) is 16.9. The Hall–Kier alpha value is -2.40. The van der Waals surface area contributed by atoms with Gasteiger partial charge in [-0.1, -0.05) is 42.5 Å². The Bertz CT molecular complexity index is 745. The number of halogens is 1. The molecule has 0 spiro atoms. The largest absolute Gasteiger partial charge is 0.381 e. The normalized spacial score (nSPS) is 15.9. The maximum absolute atomic E-state index is 14.0. The number of hydrogen-bond donors (Lipinski definition) is 1. The predicted molar refractivity (Wildman–Crippen MR) is 105 cm³/mol. The molecular weight excluding hydrogens is 343 g/mol. The van der Waals surface area contributed by atoms with Crippen LogP contribution in [0.5, 0.6) is 0 Å². The quantitative estimate of drug-likeness (QED) is 0.811. The van der Waals surface area contributed by atoms with E-state index in [0.717, 1.165) is 12.8 Å². The summed E-state index contributed by atoms with van der Waals surface area (Å²) in [5.74, 6) is -0.403. The van der Waals surface area contributed by atoms with Crippen molar-refractivity contribution in [3.63, 3.8) is 0 Å². The minimum Gasteiger partial charge on any atom is -0.381 e. The van der Waals surface area contributed by atoms with Crippen molar-refractivity contribution in [1.82, 2.24) is 5.32 Å². The van der Waals surface area contributed by atoms with E-state index >= 15 is 0 Å². The SMILES string of the molecule is CCN(CC(=O)NCC1(c2ccccc2)CCOCC1)c1ccccc1F. The van der Waals surface area contributed by atoms with Crippen molar-refractivity contribution in [1.29, 1.82) is 0 Å². The summed E-state index contributed by atoms with van der Waals surface area (Å²) in [7, 11) is 0. The minimum atomic E-state index is -0.308. The summed E-state index contributed by atoms with van der Waals surface area (Å²) in [6.45, 7) is 4.57. The second-order valence-electron chi connectivity index (χ2n) is 7.00. The van der Waals surface area contributed by atoms with Gasteiger partial charge in [0.1, 0.15) is 5.82 Å². The van der Waals surface area contributed by atoms with Gasteiger partial charge in [-0.15, -0.1) is 0 Å². The Balaban J connectivity index is 1.66. The van der Waals surface area contributed by atoms with Gasteiger partial charge in [-0.05, 0) is 37.5 Å². The van der Waals surface area contributed by atoms with Gasteiger partial charge in [-0.3, -0.25) is 4.79 Å². The Morgan fingerprint density at radius 1 is 1.11 bits per heavy atom. The van der Waals surface area contributed by atoms with E-state index in [1.807, 2.05) is 25.1 Å². The number of carbonyl (C=O) groups excluding carboxylic acids is 1. The van der Waals surface area contributed by atoms with Crippen LogP contribution in [0.4, 0.5) is 10.1 Å². The fourth-order valence-corrected chi connectivity index (χ4v) is 3.69. The molecule has 0 bridgehead atoms. The van der Waals surface area contributed by atoms with Crippen molar-refractivity contribution in [3.05, 3.63) is 66.0 Å². The van der Waals surface area contributed by atoms with Gasteiger partial charge in [0.05, 0.1) is 12.2 Å². The van der Waals surface area contributed by atoms with Crippen LogP contribution >= 0.6 is 0 Å². The van der Waals surface area contributed by atoms with E-state index < -0.39 is 0 Å². The van der Waals surface area contributed by atoms with Crippen molar-refractivity contribution >= 4 is 11.6 Å². The highest BCUT2D eigenvalue weighted by atomic mass is 19.1. The number of hydrogen-bond acceptors (Lipinski definition) is 3. The zero-order chi connectivity index (χ0) is 19.1. The van der Waals surface area contributed by atoms with Crippen molar-refractivity contribution in [2.24, 2.45) is 0 Å². The topological polar surface area (TPSA) is 41.6 Å². The number of anilines is 1. The molecule has 0 aliphatic carbocycles. The van der Waals surface area contributed by atoms with Gasteiger partial charge >= 0.3 is 0 Å². The number of nitrogens with one attached hydrogen (secondary N) is 1. The van der Waals surface area contributed by atoms with Crippen molar-refractivity contribution < 1.29 is 13.9 Å². The fourth-order valence-electron chi connectivity index (χ4n) is 3.69. The van der Waals surface area contributed by atoms with Crippen molar-refractivity contribution in [3.8, 4) is 0 Å². The van der Waals surface area contributed by atoms with Gasteiger partial charge < -0.3 is 15.0 Å². The van der Waals surface area contributed by atoms with Gasteiger partial charge in [0.15, 0.2) is 0 Å². The molecule has 0 saturated carbocycles. The Morgan fingerprint density at radius 2 is 1.78 bits per heavy atom. The van der Waals surface area contributed by atoms with E-state index in [9.17, 15) is 9.18 Å². The molecule has 1 aliphatic rings. The summed E-state index contributed by atoms with van der Waals surface area (Å²) in [6.07, 6.45) is 1.75. The summed E-state index contributed by atoms with van der Waals surface area (Å²) >= 11 is 0. The van der Waals surface area contributed by atoms with E-state index in [0.29, 0.717) is 32.0 Å². The highest BCUT2D eigenvalue weighted by Crippen LogP contribution is 2.34. The molecule has 1 saturated heterocycles. The lowest BCUT2D eigenvalue weighted by Crippen LogP contribution is -2.47. The molecule has 0 aromatic heterocycles. The number of para-hydroxylation sites is 1. The Labute approximate surface area is 160 Å². The summed E-state index contributed by atoms with van der Waals surface area (Å²) in [5.41, 5.74) is 1.58. The average Bonchev–Trinajstić information content (AvgIpc) is 2.72. The van der Waals surface area contributed by atoms with E-state index in [1.54, 1.807) is 23.1 Å². The second kappa shape index (κ2) is 9.00. The van der Waals surface area contributed by atoms with Crippen molar-refractivity contribution in [2.45, 2.75) is 25.2 Å². The lowest BCUT2D eigenvalue weighted by atomic mass is 9.74. The molecule has 5 heteroatoms. The Kier molecular flexibility index (Phi) is 6.45. The number of amides is 1. The fraction of sp³-hybridized carbons (Fsp3) is 0.409. The van der Waals surface area contributed by atoms with E-state index in [1.165, 1.54) is 11.6 Å². The summed E-state index contributed by atoms with van der Waals surface area (Å²) < 4.78 is 19.6. The second-order valence-corrected chi connectivity index (χ2v) is 7.00. The molecule has 2 aromatic rings. The van der Waals surface area contributed by atoms with E-state index in [4.69, 9.17) is 4.74 Å². The first-order valence-electron chi connectivity index (χ1n) is 9.54. The molecule has 0 radical (unpaired) electrons. The molecule has 144 valence electrons. The van der Waals surface area contributed by atoms with Crippen LogP contribution in [0.3, 0.4) is 0 Å². The number of benzene rings is 2. The summed E-state index contributed by atoms with van der Waals surface area (Å²) in [5, 5.41) is 3.09. The molecule has 3 rings (SSSR count). The van der Waals surface area contributed by atoms with Gasteiger partial charge in [-0.25, -0.2) is 4.39 Å². The molecule has 27 heavy (non-hydrogen) atoms. The first-order valence-corrected chi connectivity index (χ1v) is 9.54.